The van der Waals surface area contributed by atoms with Crippen LogP contribution in [0.2, 0.25) is 0 Å². The minimum absolute atomic E-state index is 0.228. The van der Waals surface area contributed by atoms with Gasteiger partial charge in [-0.25, -0.2) is 0 Å². The zero-order valence-corrected chi connectivity index (χ0v) is 9.33. The summed E-state index contributed by atoms with van der Waals surface area (Å²) in [5, 5.41) is 9.46. The van der Waals surface area contributed by atoms with Crippen molar-refractivity contribution in [2.45, 2.75) is 19.4 Å². The first-order chi connectivity index (χ1) is 7.40. The van der Waals surface area contributed by atoms with E-state index in [1.54, 1.807) is 12.5 Å². The minimum atomic E-state index is 0.228. The third-order valence-electron chi connectivity index (χ3n) is 2.20. The van der Waals surface area contributed by atoms with E-state index >= 15 is 0 Å². The van der Waals surface area contributed by atoms with Crippen molar-refractivity contribution in [2.24, 2.45) is 0 Å². The lowest BCUT2D eigenvalue weighted by molar-refractivity contribution is 0.525. The van der Waals surface area contributed by atoms with E-state index in [4.69, 9.17) is 4.42 Å². The van der Waals surface area contributed by atoms with Crippen molar-refractivity contribution in [3.63, 3.8) is 0 Å². The van der Waals surface area contributed by atoms with Gasteiger partial charge in [0.15, 0.2) is 0 Å². The Morgan fingerprint density at radius 2 is 2.53 bits per heavy atom. The lowest BCUT2D eigenvalue weighted by Gasteiger charge is -2.13. The number of nitrogens with one attached hydrogen (secondary N) is 1. The van der Waals surface area contributed by atoms with Gasteiger partial charge in [-0.05, 0) is 36.1 Å². The van der Waals surface area contributed by atoms with Crippen molar-refractivity contribution in [3.05, 3.63) is 35.2 Å². The maximum atomic E-state index is 5.05. The van der Waals surface area contributed by atoms with Crippen LogP contribution in [-0.4, -0.2) is 16.1 Å². The second-order valence-electron chi connectivity index (χ2n) is 3.28. The van der Waals surface area contributed by atoms with E-state index in [0.717, 1.165) is 18.7 Å². The molecule has 0 amide bonds. The molecule has 1 atom stereocenters. The second-order valence-corrected chi connectivity index (χ2v) is 3.89. The summed E-state index contributed by atoms with van der Waals surface area (Å²) in [6, 6.07) is 2.20. The molecule has 15 heavy (non-hydrogen) atoms. The highest BCUT2D eigenvalue weighted by molar-refractivity contribution is 7.03. The third kappa shape index (κ3) is 2.64. The molecule has 2 rings (SSSR count). The third-order valence-corrected chi connectivity index (χ3v) is 2.73. The Bertz CT molecular complexity index is 371. The van der Waals surface area contributed by atoms with Crippen LogP contribution in [0.1, 0.15) is 24.2 Å². The second kappa shape index (κ2) is 5.04. The van der Waals surface area contributed by atoms with Gasteiger partial charge in [0.1, 0.15) is 0 Å². The molecule has 2 heterocycles. The summed E-state index contributed by atoms with van der Waals surface area (Å²) < 4.78 is 8.93. The van der Waals surface area contributed by atoms with Crippen LogP contribution in [0, 0.1) is 0 Å². The molecule has 1 unspecified atom stereocenters. The Hall–Kier alpha value is -1.20. The average Bonchev–Trinajstić information content (AvgIpc) is 2.89. The Morgan fingerprint density at radius 1 is 1.60 bits per heavy atom. The standard InChI is InChI=1S/C10H13N3OS/c1-2-11-9(10-7-15-13-12-10)5-8-3-4-14-6-8/h3-4,6-7,9,11H,2,5H2,1H3. The summed E-state index contributed by atoms with van der Waals surface area (Å²) in [7, 11) is 0. The number of nitrogens with zero attached hydrogens (tertiary/aromatic N) is 2. The molecule has 5 heteroatoms. The predicted molar refractivity (Wildman–Crippen MR) is 58.7 cm³/mol. The molecule has 0 aliphatic rings. The summed E-state index contributed by atoms with van der Waals surface area (Å²) in [5.41, 5.74) is 2.18. The van der Waals surface area contributed by atoms with Crippen molar-refractivity contribution in [3.8, 4) is 0 Å². The van der Waals surface area contributed by atoms with Crippen molar-refractivity contribution < 1.29 is 4.42 Å². The van der Waals surface area contributed by atoms with Crippen molar-refractivity contribution >= 4 is 11.5 Å². The van der Waals surface area contributed by atoms with Crippen molar-refractivity contribution in [2.75, 3.05) is 6.54 Å². The number of rotatable bonds is 5. The van der Waals surface area contributed by atoms with Gasteiger partial charge in [-0.15, -0.1) is 5.10 Å². The van der Waals surface area contributed by atoms with Gasteiger partial charge < -0.3 is 9.73 Å². The molecule has 0 spiro atoms. The molecule has 4 nitrogen and oxygen atoms in total. The highest BCUT2D eigenvalue weighted by atomic mass is 32.1. The Balaban J connectivity index is 2.07. The highest BCUT2D eigenvalue weighted by Crippen LogP contribution is 2.17. The summed E-state index contributed by atoms with van der Waals surface area (Å²) in [5.74, 6) is 0. The first-order valence-electron chi connectivity index (χ1n) is 4.91. The van der Waals surface area contributed by atoms with Crippen LogP contribution in [-0.2, 0) is 6.42 Å². The van der Waals surface area contributed by atoms with E-state index in [9.17, 15) is 0 Å². The van der Waals surface area contributed by atoms with E-state index < -0.39 is 0 Å². The van der Waals surface area contributed by atoms with E-state index in [-0.39, 0.29) is 6.04 Å². The Kier molecular flexibility index (Phi) is 3.47. The molecule has 0 saturated heterocycles. The van der Waals surface area contributed by atoms with E-state index in [1.807, 2.05) is 11.4 Å². The molecular formula is C10H13N3OS. The lowest BCUT2D eigenvalue weighted by atomic mass is 10.1. The topological polar surface area (TPSA) is 51.0 Å². The zero-order chi connectivity index (χ0) is 10.5. The van der Waals surface area contributed by atoms with Gasteiger partial charge in [0.25, 0.3) is 0 Å². The monoisotopic (exact) mass is 223 g/mol. The molecule has 0 aromatic carbocycles. The molecule has 0 fully saturated rings. The van der Waals surface area contributed by atoms with Crippen LogP contribution < -0.4 is 5.32 Å². The Labute approximate surface area is 92.5 Å². The van der Waals surface area contributed by atoms with Gasteiger partial charge in [-0.3, -0.25) is 0 Å². The number of hydrogen-bond donors (Lipinski definition) is 1. The van der Waals surface area contributed by atoms with Crippen LogP contribution in [0.25, 0.3) is 0 Å². The van der Waals surface area contributed by atoms with Gasteiger partial charge in [0.2, 0.25) is 0 Å². The van der Waals surface area contributed by atoms with Gasteiger partial charge in [-0.1, -0.05) is 11.4 Å². The van der Waals surface area contributed by atoms with E-state index in [0.29, 0.717) is 0 Å². The predicted octanol–water partition coefficient (Wildman–Crippen LogP) is 2.02. The fourth-order valence-electron chi connectivity index (χ4n) is 1.50. The van der Waals surface area contributed by atoms with Gasteiger partial charge in [-0.2, -0.15) is 0 Å². The molecular weight excluding hydrogens is 210 g/mol. The maximum Gasteiger partial charge on any atom is 0.0935 e. The molecule has 0 aliphatic carbocycles. The van der Waals surface area contributed by atoms with Crippen LogP contribution in [0.4, 0.5) is 0 Å². The normalized spacial score (nSPS) is 12.9. The highest BCUT2D eigenvalue weighted by Gasteiger charge is 2.14. The number of aromatic nitrogens is 2. The molecule has 0 radical (unpaired) electrons. The number of furan rings is 1. The molecule has 2 aromatic heterocycles. The van der Waals surface area contributed by atoms with Gasteiger partial charge in [0.05, 0.1) is 24.3 Å². The van der Waals surface area contributed by atoms with Crippen LogP contribution in [0.15, 0.2) is 28.4 Å². The average molecular weight is 223 g/mol. The molecule has 80 valence electrons. The minimum Gasteiger partial charge on any atom is -0.472 e. The fourth-order valence-corrected chi connectivity index (χ4v) is 2.00. The first-order valence-corrected chi connectivity index (χ1v) is 5.75. The SMILES string of the molecule is CCNC(Cc1ccoc1)c1csnn1. The summed E-state index contributed by atoms with van der Waals surface area (Å²) in [6.07, 6.45) is 4.34. The van der Waals surface area contributed by atoms with Crippen molar-refractivity contribution in [1.82, 2.24) is 14.9 Å². The van der Waals surface area contributed by atoms with E-state index in [2.05, 4.69) is 21.8 Å². The summed E-state index contributed by atoms with van der Waals surface area (Å²) in [6.45, 7) is 3.00. The number of hydrogen-bond acceptors (Lipinski definition) is 5. The zero-order valence-electron chi connectivity index (χ0n) is 8.51. The summed E-state index contributed by atoms with van der Waals surface area (Å²) in [4.78, 5) is 0. The molecule has 1 N–H and O–H groups in total. The van der Waals surface area contributed by atoms with E-state index in [1.165, 1.54) is 17.1 Å². The molecule has 0 bridgehead atoms. The van der Waals surface area contributed by atoms with Crippen LogP contribution in [0.3, 0.4) is 0 Å². The quantitative estimate of drug-likeness (QED) is 0.842. The molecule has 2 aromatic rings. The smallest absolute Gasteiger partial charge is 0.0935 e. The van der Waals surface area contributed by atoms with Crippen molar-refractivity contribution in [1.29, 1.82) is 0 Å². The Morgan fingerprint density at radius 3 is 3.13 bits per heavy atom. The first kappa shape index (κ1) is 10.3. The van der Waals surface area contributed by atoms with Crippen LogP contribution >= 0.6 is 11.5 Å². The molecule has 0 saturated carbocycles. The number of likely N-dealkylation sites (N-methyl/N-ethyl adjacent to an activating group) is 1. The lowest BCUT2D eigenvalue weighted by Crippen LogP contribution is -2.23. The maximum absolute atomic E-state index is 5.05. The van der Waals surface area contributed by atoms with Gasteiger partial charge in [0, 0.05) is 5.38 Å². The fraction of sp³-hybridized carbons (Fsp3) is 0.400. The summed E-state index contributed by atoms with van der Waals surface area (Å²) >= 11 is 1.38. The van der Waals surface area contributed by atoms with Gasteiger partial charge >= 0.3 is 0 Å². The molecule has 0 aliphatic heterocycles. The van der Waals surface area contributed by atoms with Crippen LogP contribution in [0.5, 0.6) is 0 Å². The largest absolute Gasteiger partial charge is 0.472 e.